The number of thiazole rings is 1. The van der Waals surface area contributed by atoms with Crippen LogP contribution in [0.5, 0.6) is 0 Å². The van der Waals surface area contributed by atoms with Crippen LogP contribution in [0.1, 0.15) is 31.0 Å². The Morgan fingerprint density at radius 3 is 2.89 bits per heavy atom. The van der Waals surface area contributed by atoms with Crippen LogP contribution in [-0.4, -0.2) is 11.6 Å². The van der Waals surface area contributed by atoms with Gasteiger partial charge in [-0.05, 0) is 12.0 Å². The smallest absolute Gasteiger partial charge is 0.124 e. The molecular formula is C15H18ClNOS. The lowest BCUT2D eigenvalue weighted by molar-refractivity contribution is 0.118. The predicted octanol–water partition coefficient (Wildman–Crippen LogP) is 4.87. The Morgan fingerprint density at radius 1 is 1.32 bits per heavy atom. The predicted molar refractivity (Wildman–Crippen MR) is 81.7 cm³/mol. The van der Waals surface area contributed by atoms with Crippen LogP contribution in [-0.2, 0) is 17.2 Å². The minimum atomic E-state index is 0.464. The Bertz CT molecular complexity index is 512. The van der Waals surface area contributed by atoms with Crippen molar-refractivity contribution in [2.24, 2.45) is 0 Å². The van der Waals surface area contributed by atoms with Crippen molar-refractivity contribution in [3.8, 4) is 10.6 Å². The molecule has 0 radical (unpaired) electrons. The summed E-state index contributed by atoms with van der Waals surface area (Å²) in [6.45, 7) is 3.63. The molecule has 0 bridgehead atoms. The molecule has 0 aliphatic heterocycles. The highest BCUT2D eigenvalue weighted by Crippen LogP contribution is 2.28. The second-order valence-corrected chi connectivity index (χ2v) is 5.47. The number of ether oxygens (including phenoxy) is 1. The first-order valence-electron chi connectivity index (χ1n) is 6.51. The van der Waals surface area contributed by atoms with Crippen molar-refractivity contribution in [3.05, 3.63) is 40.9 Å². The Balaban J connectivity index is 2.11. The molecule has 0 saturated carbocycles. The fourth-order valence-corrected chi connectivity index (χ4v) is 2.88. The second kappa shape index (κ2) is 7.63. The molecule has 4 heteroatoms. The van der Waals surface area contributed by atoms with Gasteiger partial charge in [-0.1, -0.05) is 37.6 Å². The van der Waals surface area contributed by atoms with Crippen LogP contribution in [0.4, 0.5) is 0 Å². The molecule has 1 aromatic carbocycles. The van der Waals surface area contributed by atoms with Crippen LogP contribution < -0.4 is 0 Å². The molecule has 19 heavy (non-hydrogen) atoms. The number of nitrogens with zero attached hydrogens (tertiary/aromatic N) is 1. The summed E-state index contributed by atoms with van der Waals surface area (Å²) < 4.78 is 5.71. The van der Waals surface area contributed by atoms with Crippen molar-refractivity contribution in [2.45, 2.75) is 32.3 Å². The molecule has 0 saturated heterocycles. The molecule has 0 unspecified atom stereocenters. The lowest BCUT2D eigenvalue weighted by Crippen LogP contribution is -1.97. The van der Waals surface area contributed by atoms with E-state index in [-0.39, 0.29) is 0 Å². The molecule has 0 amide bonds. The van der Waals surface area contributed by atoms with Crippen LogP contribution >= 0.6 is 22.9 Å². The van der Waals surface area contributed by atoms with Crippen molar-refractivity contribution in [1.82, 2.24) is 4.98 Å². The van der Waals surface area contributed by atoms with Gasteiger partial charge in [-0.2, -0.15) is 0 Å². The third-order valence-corrected chi connectivity index (χ3v) is 4.03. The zero-order chi connectivity index (χ0) is 13.5. The fourth-order valence-electron chi connectivity index (χ4n) is 1.78. The average molecular weight is 296 g/mol. The van der Waals surface area contributed by atoms with Crippen LogP contribution in [0.25, 0.3) is 10.6 Å². The minimum Gasteiger partial charge on any atom is -0.377 e. The van der Waals surface area contributed by atoms with Gasteiger partial charge in [0, 0.05) is 17.6 Å². The molecule has 2 nitrogen and oxygen atoms in total. The van der Waals surface area contributed by atoms with E-state index in [1.165, 1.54) is 5.56 Å². The highest BCUT2D eigenvalue weighted by Gasteiger charge is 2.08. The zero-order valence-corrected chi connectivity index (χ0v) is 12.6. The summed E-state index contributed by atoms with van der Waals surface area (Å²) in [6.07, 6.45) is 2.27. The molecule has 0 aliphatic carbocycles. The van der Waals surface area contributed by atoms with E-state index in [9.17, 15) is 0 Å². The number of unbranched alkanes of at least 4 members (excludes halogenated alkanes) is 1. The minimum absolute atomic E-state index is 0.464. The van der Waals surface area contributed by atoms with Gasteiger partial charge in [0.1, 0.15) is 5.01 Å². The third kappa shape index (κ3) is 4.03. The molecule has 2 rings (SSSR count). The first-order valence-corrected chi connectivity index (χ1v) is 7.93. The quantitative estimate of drug-likeness (QED) is 0.537. The fraction of sp³-hybridized carbons (Fsp3) is 0.400. The first-order chi connectivity index (χ1) is 9.35. The van der Waals surface area contributed by atoms with Crippen molar-refractivity contribution in [1.29, 1.82) is 0 Å². The number of rotatable bonds is 7. The lowest BCUT2D eigenvalue weighted by atomic mass is 10.1. The van der Waals surface area contributed by atoms with Gasteiger partial charge in [0.15, 0.2) is 0 Å². The van der Waals surface area contributed by atoms with Gasteiger partial charge in [0.05, 0.1) is 18.2 Å². The van der Waals surface area contributed by atoms with Gasteiger partial charge in [0.2, 0.25) is 0 Å². The van der Waals surface area contributed by atoms with Crippen molar-refractivity contribution >= 4 is 22.9 Å². The average Bonchev–Trinajstić information content (AvgIpc) is 2.93. The summed E-state index contributed by atoms with van der Waals surface area (Å²) >= 11 is 7.44. The Labute approximate surface area is 123 Å². The standard InChI is InChI=1S/C15H18ClNOS/c1-2-3-8-18-10-12-6-4-5-7-14(12)15-17-13(9-16)11-19-15/h4-7,11H,2-3,8-10H2,1H3. The normalized spacial score (nSPS) is 10.8. The van der Waals surface area contributed by atoms with Gasteiger partial charge >= 0.3 is 0 Å². The Kier molecular flexibility index (Phi) is 5.83. The molecule has 0 aliphatic rings. The van der Waals surface area contributed by atoms with Gasteiger partial charge < -0.3 is 4.74 Å². The van der Waals surface area contributed by atoms with Crippen LogP contribution in [0.3, 0.4) is 0 Å². The molecule has 1 aromatic heterocycles. The van der Waals surface area contributed by atoms with E-state index in [0.717, 1.165) is 35.7 Å². The van der Waals surface area contributed by atoms with Gasteiger partial charge in [-0.15, -0.1) is 22.9 Å². The number of hydrogen-bond donors (Lipinski definition) is 0. The van der Waals surface area contributed by atoms with E-state index in [0.29, 0.717) is 12.5 Å². The number of aromatic nitrogens is 1. The number of alkyl halides is 1. The monoisotopic (exact) mass is 295 g/mol. The van der Waals surface area contributed by atoms with Crippen molar-refractivity contribution in [3.63, 3.8) is 0 Å². The van der Waals surface area contributed by atoms with Gasteiger partial charge in [0.25, 0.3) is 0 Å². The van der Waals surface area contributed by atoms with Crippen LogP contribution in [0, 0.1) is 0 Å². The van der Waals surface area contributed by atoms with E-state index < -0.39 is 0 Å². The van der Waals surface area contributed by atoms with Gasteiger partial charge in [-0.3, -0.25) is 0 Å². The Hall–Kier alpha value is -0.900. The number of halogens is 1. The van der Waals surface area contributed by atoms with E-state index in [1.54, 1.807) is 11.3 Å². The van der Waals surface area contributed by atoms with Gasteiger partial charge in [-0.25, -0.2) is 4.98 Å². The molecule has 0 spiro atoms. The maximum atomic E-state index is 5.81. The van der Waals surface area contributed by atoms with E-state index in [4.69, 9.17) is 16.3 Å². The molecule has 0 fully saturated rings. The third-order valence-electron chi connectivity index (χ3n) is 2.84. The van der Waals surface area contributed by atoms with E-state index >= 15 is 0 Å². The maximum Gasteiger partial charge on any atom is 0.124 e. The molecule has 0 atom stereocenters. The highest BCUT2D eigenvalue weighted by molar-refractivity contribution is 7.13. The molecule has 102 valence electrons. The summed E-state index contributed by atoms with van der Waals surface area (Å²) in [4.78, 5) is 4.54. The number of benzene rings is 1. The first kappa shape index (κ1) is 14.5. The van der Waals surface area contributed by atoms with Crippen molar-refractivity contribution < 1.29 is 4.74 Å². The summed E-state index contributed by atoms with van der Waals surface area (Å²) in [6, 6.07) is 8.27. The molecule has 2 aromatic rings. The summed E-state index contributed by atoms with van der Waals surface area (Å²) in [5.74, 6) is 0.464. The van der Waals surface area contributed by atoms with E-state index in [2.05, 4.69) is 24.0 Å². The largest absolute Gasteiger partial charge is 0.377 e. The summed E-state index contributed by atoms with van der Waals surface area (Å²) in [5.41, 5.74) is 3.28. The topological polar surface area (TPSA) is 22.1 Å². The lowest BCUT2D eigenvalue weighted by Gasteiger charge is -2.08. The van der Waals surface area contributed by atoms with E-state index in [1.807, 2.05) is 17.5 Å². The molecule has 0 N–H and O–H groups in total. The SMILES string of the molecule is CCCCOCc1ccccc1-c1nc(CCl)cs1. The van der Waals surface area contributed by atoms with Crippen LogP contribution in [0.2, 0.25) is 0 Å². The van der Waals surface area contributed by atoms with Crippen molar-refractivity contribution in [2.75, 3.05) is 6.61 Å². The number of hydrogen-bond acceptors (Lipinski definition) is 3. The highest BCUT2D eigenvalue weighted by atomic mass is 35.5. The zero-order valence-electron chi connectivity index (χ0n) is 11.1. The molecule has 1 heterocycles. The molecular weight excluding hydrogens is 278 g/mol. The van der Waals surface area contributed by atoms with Crippen LogP contribution in [0.15, 0.2) is 29.6 Å². The summed E-state index contributed by atoms with van der Waals surface area (Å²) in [5, 5.41) is 3.03. The Morgan fingerprint density at radius 2 is 2.16 bits per heavy atom. The summed E-state index contributed by atoms with van der Waals surface area (Å²) in [7, 11) is 0. The maximum absolute atomic E-state index is 5.81. The second-order valence-electron chi connectivity index (χ2n) is 4.34.